The zero-order valence-corrected chi connectivity index (χ0v) is 14.4. The van der Waals surface area contributed by atoms with Gasteiger partial charge in [-0.15, -0.1) is 11.3 Å². The van der Waals surface area contributed by atoms with Crippen molar-refractivity contribution in [2.45, 2.75) is 39.0 Å². The minimum atomic E-state index is 0.221. The van der Waals surface area contributed by atoms with Crippen LogP contribution in [-0.4, -0.2) is 33.9 Å². The number of amides is 1. The second-order valence-corrected chi connectivity index (χ2v) is 7.24. The minimum absolute atomic E-state index is 0.221. The molecule has 0 unspecified atom stereocenters. The van der Waals surface area contributed by atoms with Gasteiger partial charge in [0, 0.05) is 36.8 Å². The summed E-state index contributed by atoms with van der Waals surface area (Å²) in [7, 11) is 0. The van der Waals surface area contributed by atoms with E-state index in [9.17, 15) is 4.79 Å². The zero-order valence-electron chi connectivity index (χ0n) is 13.6. The molecule has 0 radical (unpaired) electrons. The number of aryl methyl sites for hydroxylation is 2. The first-order valence-corrected chi connectivity index (χ1v) is 9.19. The number of nitrogens with zero attached hydrogens (tertiary/aromatic N) is 3. The third kappa shape index (κ3) is 4.61. The van der Waals surface area contributed by atoms with E-state index in [4.69, 9.17) is 0 Å². The lowest BCUT2D eigenvalue weighted by Gasteiger charge is -2.30. The predicted octanol–water partition coefficient (Wildman–Crippen LogP) is 3.12. The maximum Gasteiger partial charge on any atom is 0.228 e. The Morgan fingerprint density at radius 3 is 2.83 bits per heavy atom. The van der Waals surface area contributed by atoms with Crippen LogP contribution in [0.5, 0.6) is 0 Å². The molecule has 1 saturated heterocycles. The third-order valence-corrected chi connectivity index (χ3v) is 5.35. The normalized spacial score (nSPS) is 15.8. The largest absolute Gasteiger partial charge is 0.342 e. The second-order valence-electron chi connectivity index (χ2n) is 6.29. The fraction of sp³-hybridized carbons (Fsp3) is 0.500. The third-order valence-electron chi connectivity index (χ3n) is 4.39. The fourth-order valence-electron chi connectivity index (χ4n) is 2.85. The van der Waals surface area contributed by atoms with E-state index in [1.165, 1.54) is 0 Å². The van der Waals surface area contributed by atoms with Gasteiger partial charge < -0.3 is 4.90 Å². The highest BCUT2D eigenvalue weighted by atomic mass is 32.1. The molecule has 122 valence electrons. The van der Waals surface area contributed by atoms with Crippen molar-refractivity contribution < 1.29 is 4.79 Å². The topological polar surface area (TPSA) is 46.1 Å². The standard InChI is InChI=1S/C18H23N3OS/c1-14-7-10-21(11-8-14)18(22)12-16-13-23-17(20-16)6-5-15-4-2-3-9-19-15/h2-4,9,13-14H,5-8,10-12H2,1H3. The fourth-order valence-corrected chi connectivity index (χ4v) is 3.65. The van der Waals surface area contributed by atoms with Gasteiger partial charge in [-0.25, -0.2) is 4.98 Å². The number of aromatic nitrogens is 2. The molecule has 3 rings (SSSR count). The van der Waals surface area contributed by atoms with Crippen LogP contribution in [-0.2, 0) is 24.1 Å². The molecule has 0 spiro atoms. The molecule has 1 aliphatic rings. The SMILES string of the molecule is CC1CCN(C(=O)Cc2csc(CCc3ccccn3)n2)CC1. The van der Waals surface area contributed by atoms with E-state index in [0.29, 0.717) is 6.42 Å². The Labute approximate surface area is 141 Å². The van der Waals surface area contributed by atoms with Crippen LogP contribution >= 0.6 is 11.3 Å². The first-order chi connectivity index (χ1) is 11.2. The molecule has 4 nitrogen and oxygen atoms in total. The van der Waals surface area contributed by atoms with E-state index in [-0.39, 0.29) is 5.91 Å². The molecule has 0 bridgehead atoms. The average Bonchev–Trinajstić information content (AvgIpc) is 3.02. The van der Waals surface area contributed by atoms with Gasteiger partial charge in [-0.05, 0) is 37.3 Å². The molecule has 0 aliphatic carbocycles. The number of likely N-dealkylation sites (tertiary alicyclic amines) is 1. The van der Waals surface area contributed by atoms with Crippen LogP contribution in [0.4, 0.5) is 0 Å². The summed E-state index contributed by atoms with van der Waals surface area (Å²) in [6.07, 6.45) is 6.29. The number of hydrogen-bond acceptors (Lipinski definition) is 4. The number of rotatable bonds is 5. The Bertz CT molecular complexity index is 633. The Morgan fingerprint density at radius 1 is 1.26 bits per heavy atom. The van der Waals surface area contributed by atoms with Crippen LogP contribution in [0.25, 0.3) is 0 Å². The van der Waals surface area contributed by atoms with Gasteiger partial charge >= 0.3 is 0 Å². The maximum atomic E-state index is 12.3. The summed E-state index contributed by atoms with van der Waals surface area (Å²) < 4.78 is 0. The highest BCUT2D eigenvalue weighted by Crippen LogP contribution is 2.18. The summed E-state index contributed by atoms with van der Waals surface area (Å²) in [6, 6.07) is 5.97. The summed E-state index contributed by atoms with van der Waals surface area (Å²) in [5, 5.41) is 3.11. The van der Waals surface area contributed by atoms with Crippen LogP contribution in [0, 0.1) is 5.92 Å². The maximum absolute atomic E-state index is 12.3. The van der Waals surface area contributed by atoms with Crippen LogP contribution in [0.1, 0.15) is 36.2 Å². The molecule has 1 amide bonds. The molecule has 0 aromatic carbocycles. The first-order valence-electron chi connectivity index (χ1n) is 8.31. The quantitative estimate of drug-likeness (QED) is 0.847. The van der Waals surface area contributed by atoms with Gasteiger partial charge in [-0.1, -0.05) is 13.0 Å². The van der Waals surface area contributed by atoms with Gasteiger partial charge in [0.15, 0.2) is 0 Å². The molecule has 3 heterocycles. The highest BCUT2D eigenvalue weighted by Gasteiger charge is 2.21. The van der Waals surface area contributed by atoms with E-state index in [1.807, 2.05) is 34.7 Å². The molecule has 0 N–H and O–H groups in total. The van der Waals surface area contributed by atoms with Crippen molar-refractivity contribution in [3.8, 4) is 0 Å². The molecular weight excluding hydrogens is 306 g/mol. The number of carbonyl (C=O) groups excluding carboxylic acids is 1. The Balaban J connectivity index is 1.50. The number of hydrogen-bond donors (Lipinski definition) is 0. The van der Waals surface area contributed by atoms with Gasteiger partial charge in [-0.2, -0.15) is 0 Å². The smallest absolute Gasteiger partial charge is 0.228 e. The van der Waals surface area contributed by atoms with Crippen molar-refractivity contribution in [3.63, 3.8) is 0 Å². The summed E-state index contributed by atoms with van der Waals surface area (Å²) in [4.78, 5) is 23.3. The van der Waals surface area contributed by atoms with Crippen LogP contribution in [0.3, 0.4) is 0 Å². The molecule has 2 aromatic rings. The minimum Gasteiger partial charge on any atom is -0.342 e. The van der Waals surface area contributed by atoms with Crippen molar-refractivity contribution in [2.75, 3.05) is 13.1 Å². The van der Waals surface area contributed by atoms with E-state index in [0.717, 1.165) is 61.1 Å². The lowest BCUT2D eigenvalue weighted by atomic mass is 9.99. The Morgan fingerprint density at radius 2 is 2.09 bits per heavy atom. The molecule has 1 aliphatic heterocycles. The van der Waals surface area contributed by atoms with Crippen molar-refractivity contribution in [1.29, 1.82) is 0 Å². The Hall–Kier alpha value is -1.75. The van der Waals surface area contributed by atoms with Crippen LogP contribution in [0.2, 0.25) is 0 Å². The van der Waals surface area contributed by atoms with Crippen molar-refractivity contribution in [3.05, 3.63) is 46.2 Å². The molecule has 0 atom stereocenters. The van der Waals surface area contributed by atoms with Crippen molar-refractivity contribution >= 4 is 17.2 Å². The van der Waals surface area contributed by atoms with Crippen LogP contribution in [0.15, 0.2) is 29.8 Å². The van der Waals surface area contributed by atoms with Gasteiger partial charge in [0.1, 0.15) is 0 Å². The Kier molecular flexibility index (Phi) is 5.39. The van der Waals surface area contributed by atoms with Crippen molar-refractivity contribution in [2.24, 2.45) is 5.92 Å². The molecule has 2 aromatic heterocycles. The van der Waals surface area contributed by atoms with Crippen LogP contribution < -0.4 is 0 Å². The molecule has 23 heavy (non-hydrogen) atoms. The van der Waals surface area contributed by atoms with E-state index in [2.05, 4.69) is 16.9 Å². The van der Waals surface area contributed by atoms with E-state index >= 15 is 0 Å². The summed E-state index contributed by atoms with van der Waals surface area (Å²) in [5.41, 5.74) is 2.00. The summed E-state index contributed by atoms with van der Waals surface area (Å²) in [5.74, 6) is 0.968. The first kappa shape index (κ1) is 16.1. The van der Waals surface area contributed by atoms with E-state index < -0.39 is 0 Å². The number of pyridine rings is 1. The zero-order chi connectivity index (χ0) is 16.1. The average molecular weight is 329 g/mol. The lowest BCUT2D eigenvalue weighted by Crippen LogP contribution is -2.38. The molecule has 0 saturated carbocycles. The number of piperidine rings is 1. The lowest BCUT2D eigenvalue weighted by molar-refractivity contribution is -0.131. The summed E-state index contributed by atoms with van der Waals surface area (Å²) >= 11 is 1.65. The van der Waals surface area contributed by atoms with Gasteiger partial charge in [-0.3, -0.25) is 9.78 Å². The van der Waals surface area contributed by atoms with E-state index in [1.54, 1.807) is 11.3 Å². The highest BCUT2D eigenvalue weighted by molar-refractivity contribution is 7.09. The molecule has 5 heteroatoms. The van der Waals surface area contributed by atoms with Gasteiger partial charge in [0.25, 0.3) is 0 Å². The number of carbonyl (C=O) groups is 1. The second kappa shape index (κ2) is 7.68. The molecular formula is C18H23N3OS. The summed E-state index contributed by atoms with van der Waals surface area (Å²) in [6.45, 7) is 4.06. The van der Waals surface area contributed by atoms with Gasteiger partial charge in [0.2, 0.25) is 5.91 Å². The molecule has 1 fully saturated rings. The number of thiazole rings is 1. The van der Waals surface area contributed by atoms with Gasteiger partial charge in [0.05, 0.1) is 17.1 Å². The monoisotopic (exact) mass is 329 g/mol. The predicted molar refractivity (Wildman–Crippen MR) is 92.4 cm³/mol. The van der Waals surface area contributed by atoms with Crippen molar-refractivity contribution in [1.82, 2.24) is 14.9 Å².